The number of nitrogens with one attached hydrogen (secondary N) is 1. The van der Waals surface area contributed by atoms with E-state index in [4.69, 9.17) is 27.9 Å². The molecule has 0 radical (unpaired) electrons. The second kappa shape index (κ2) is 7.29. The Morgan fingerprint density at radius 2 is 2.05 bits per heavy atom. The fourth-order valence-electron chi connectivity index (χ4n) is 1.82. The quantitative estimate of drug-likeness (QED) is 0.834. The van der Waals surface area contributed by atoms with Crippen LogP contribution in [0.5, 0.6) is 5.75 Å². The Labute approximate surface area is 138 Å². The summed E-state index contributed by atoms with van der Waals surface area (Å²) in [4.78, 5) is 22.9. The standard InChI is InChI=1S/C16H13Cl2NO3/c1-10-13(18)3-2-4-14(10)19-16(21)9-22-15-6-5-12(17)7-11(15)8-20/h2-8H,9H2,1H3,(H,19,21). The highest BCUT2D eigenvalue weighted by atomic mass is 35.5. The lowest BCUT2D eigenvalue weighted by Gasteiger charge is -2.11. The van der Waals surface area contributed by atoms with Gasteiger partial charge >= 0.3 is 0 Å². The van der Waals surface area contributed by atoms with Crippen LogP contribution in [0.3, 0.4) is 0 Å². The SMILES string of the molecule is Cc1c(Cl)cccc1NC(=O)COc1ccc(Cl)cc1C=O. The van der Waals surface area contributed by atoms with Crippen LogP contribution in [0.25, 0.3) is 0 Å². The summed E-state index contributed by atoms with van der Waals surface area (Å²) in [5.74, 6) is -0.0467. The molecule has 0 saturated carbocycles. The molecule has 0 aliphatic carbocycles. The molecule has 0 aromatic heterocycles. The highest BCUT2D eigenvalue weighted by molar-refractivity contribution is 6.31. The van der Waals surface area contributed by atoms with Gasteiger partial charge in [0.25, 0.3) is 5.91 Å². The molecule has 4 nitrogen and oxygen atoms in total. The van der Waals surface area contributed by atoms with E-state index in [2.05, 4.69) is 5.32 Å². The van der Waals surface area contributed by atoms with Crippen LogP contribution in [0.4, 0.5) is 5.69 Å². The smallest absolute Gasteiger partial charge is 0.262 e. The zero-order valence-electron chi connectivity index (χ0n) is 11.7. The Kier molecular flexibility index (Phi) is 5.41. The summed E-state index contributed by atoms with van der Waals surface area (Å²) in [6.07, 6.45) is 0.625. The van der Waals surface area contributed by atoms with Crippen molar-refractivity contribution in [1.82, 2.24) is 0 Å². The summed E-state index contributed by atoms with van der Waals surface area (Å²) < 4.78 is 5.35. The van der Waals surface area contributed by atoms with Crippen LogP contribution in [0, 0.1) is 6.92 Å². The Hall–Kier alpha value is -2.04. The minimum atomic E-state index is -0.350. The van der Waals surface area contributed by atoms with Crippen LogP contribution < -0.4 is 10.1 Å². The highest BCUT2D eigenvalue weighted by Crippen LogP contribution is 2.23. The maximum Gasteiger partial charge on any atom is 0.262 e. The zero-order chi connectivity index (χ0) is 16.1. The molecule has 1 amide bonds. The maximum atomic E-state index is 11.9. The van der Waals surface area contributed by atoms with Crippen molar-refractivity contribution in [1.29, 1.82) is 0 Å². The van der Waals surface area contributed by atoms with Gasteiger partial charge in [-0.05, 0) is 42.8 Å². The molecule has 2 rings (SSSR count). The first-order chi connectivity index (χ1) is 10.5. The molecule has 0 atom stereocenters. The molecule has 0 saturated heterocycles. The molecule has 1 N–H and O–H groups in total. The number of carbonyl (C=O) groups is 2. The molecule has 114 valence electrons. The van der Waals surface area contributed by atoms with Crippen molar-refractivity contribution in [2.75, 3.05) is 11.9 Å². The van der Waals surface area contributed by atoms with Crippen molar-refractivity contribution in [3.63, 3.8) is 0 Å². The molecule has 22 heavy (non-hydrogen) atoms. The number of ether oxygens (including phenoxy) is 1. The van der Waals surface area contributed by atoms with Crippen LogP contribution in [0.2, 0.25) is 10.0 Å². The maximum absolute atomic E-state index is 11.9. The monoisotopic (exact) mass is 337 g/mol. The summed E-state index contributed by atoms with van der Waals surface area (Å²) in [5.41, 5.74) is 1.68. The van der Waals surface area contributed by atoms with Gasteiger partial charge in [-0.1, -0.05) is 29.3 Å². The first-order valence-electron chi connectivity index (χ1n) is 6.43. The molecule has 6 heteroatoms. The van der Waals surface area contributed by atoms with Crippen molar-refractivity contribution < 1.29 is 14.3 Å². The third-order valence-electron chi connectivity index (χ3n) is 3.00. The predicted molar refractivity (Wildman–Crippen MR) is 87.2 cm³/mol. The van der Waals surface area contributed by atoms with E-state index in [1.807, 2.05) is 6.92 Å². The van der Waals surface area contributed by atoms with Crippen molar-refractivity contribution in [2.45, 2.75) is 6.92 Å². The lowest BCUT2D eigenvalue weighted by molar-refractivity contribution is -0.118. The number of hydrogen-bond donors (Lipinski definition) is 1. The van der Waals surface area contributed by atoms with Gasteiger partial charge in [0.1, 0.15) is 5.75 Å². The molecule has 0 aliphatic rings. The average molecular weight is 338 g/mol. The molecule has 0 heterocycles. The van der Waals surface area contributed by atoms with Crippen LogP contribution in [-0.2, 0) is 4.79 Å². The summed E-state index contributed by atoms with van der Waals surface area (Å²) in [6.45, 7) is 1.58. The fraction of sp³-hybridized carbons (Fsp3) is 0.125. The van der Waals surface area contributed by atoms with Crippen LogP contribution in [0.1, 0.15) is 15.9 Å². The van der Waals surface area contributed by atoms with Gasteiger partial charge in [0, 0.05) is 15.7 Å². The van der Waals surface area contributed by atoms with Gasteiger partial charge < -0.3 is 10.1 Å². The lowest BCUT2D eigenvalue weighted by atomic mass is 10.2. The Balaban J connectivity index is 2.01. The minimum absolute atomic E-state index is 0.228. The Bertz CT molecular complexity index is 717. The number of rotatable bonds is 5. The van der Waals surface area contributed by atoms with E-state index in [0.29, 0.717) is 33.3 Å². The first-order valence-corrected chi connectivity index (χ1v) is 7.19. The van der Waals surface area contributed by atoms with E-state index in [9.17, 15) is 9.59 Å². The minimum Gasteiger partial charge on any atom is -0.483 e. The molecular weight excluding hydrogens is 325 g/mol. The van der Waals surface area contributed by atoms with E-state index in [-0.39, 0.29) is 12.5 Å². The van der Waals surface area contributed by atoms with E-state index in [1.165, 1.54) is 6.07 Å². The molecule has 0 bridgehead atoms. The number of halogens is 2. The number of anilines is 1. The topological polar surface area (TPSA) is 55.4 Å². The second-order valence-electron chi connectivity index (χ2n) is 4.55. The predicted octanol–water partition coefficient (Wildman–Crippen LogP) is 4.13. The van der Waals surface area contributed by atoms with Crippen molar-refractivity contribution in [3.8, 4) is 5.75 Å². The van der Waals surface area contributed by atoms with Gasteiger partial charge in [-0.2, -0.15) is 0 Å². The molecule has 0 aliphatic heterocycles. The van der Waals surface area contributed by atoms with Crippen LogP contribution >= 0.6 is 23.2 Å². The normalized spacial score (nSPS) is 10.1. The van der Waals surface area contributed by atoms with E-state index in [0.717, 1.165) is 5.56 Å². The summed E-state index contributed by atoms with van der Waals surface area (Å²) in [7, 11) is 0. The molecule has 0 fully saturated rings. The molecule has 0 spiro atoms. The number of aldehydes is 1. The molecular formula is C16H13Cl2NO3. The van der Waals surface area contributed by atoms with Crippen molar-refractivity contribution in [3.05, 3.63) is 57.6 Å². The Morgan fingerprint density at radius 3 is 2.77 bits per heavy atom. The number of carbonyl (C=O) groups excluding carboxylic acids is 2. The van der Waals surface area contributed by atoms with Crippen LogP contribution in [-0.4, -0.2) is 18.8 Å². The van der Waals surface area contributed by atoms with E-state index in [1.54, 1.807) is 30.3 Å². The molecule has 2 aromatic carbocycles. The largest absolute Gasteiger partial charge is 0.483 e. The summed E-state index contributed by atoms with van der Waals surface area (Å²) in [6, 6.07) is 9.84. The van der Waals surface area contributed by atoms with Gasteiger partial charge in [-0.25, -0.2) is 0 Å². The molecule has 2 aromatic rings. The third-order valence-corrected chi connectivity index (χ3v) is 3.64. The van der Waals surface area contributed by atoms with Gasteiger partial charge in [0.05, 0.1) is 5.56 Å². The van der Waals surface area contributed by atoms with E-state index < -0.39 is 0 Å². The number of amides is 1. The van der Waals surface area contributed by atoms with E-state index >= 15 is 0 Å². The van der Waals surface area contributed by atoms with Gasteiger partial charge in [0.2, 0.25) is 0 Å². The van der Waals surface area contributed by atoms with Crippen LogP contribution in [0.15, 0.2) is 36.4 Å². The summed E-state index contributed by atoms with van der Waals surface area (Å²) in [5, 5.41) is 3.70. The summed E-state index contributed by atoms with van der Waals surface area (Å²) >= 11 is 11.8. The highest BCUT2D eigenvalue weighted by Gasteiger charge is 2.09. The van der Waals surface area contributed by atoms with Gasteiger partial charge in [0.15, 0.2) is 12.9 Å². The third kappa shape index (κ3) is 4.00. The fourth-order valence-corrected chi connectivity index (χ4v) is 2.17. The van der Waals surface area contributed by atoms with Crippen molar-refractivity contribution in [2.24, 2.45) is 0 Å². The molecule has 0 unspecified atom stereocenters. The number of benzene rings is 2. The lowest BCUT2D eigenvalue weighted by Crippen LogP contribution is -2.21. The Morgan fingerprint density at radius 1 is 1.27 bits per heavy atom. The second-order valence-corrected chi connectivity index (χ2v) is 5.39. The first kappa shape index (κ1) is 16.3. The van der Waals surface area contributed by atoms with Gasteiger partial charge in [-0.15, -0.1) is 0 Å². The van der Waals surface area contributed by atoms with Gasteiger partial charge in [-0.3, -0.25) is 9.59 Å². The number of hydrogen-bond acceptors (Lipinski definition) is 3. The van der Waals surface area contributed by atoms with Crippen molar-refractivity contribution >= 4 is 41.1 Å². The average Bonchev–Trinajstić information content (AvgIpc) is 2.50. The zero-order valence-corrected chi connectivity index (χ0v) is 13.2.